The third-order valence-electron chi connectivity index (χ3n) is 3.34. The molecular formula is C16H19N5S. The SMILES string of the molecule is CC(C)c1nsc(NCc2cn(C)nc2-c2ccccc2)n1. The molecule has 0 fully saturated rings. The maximum Gasteiger partial charge on any atom is 0.202 e. The van der Waals surface area contributed by atoms with Crippen LogP contribution in [0.25, 0.3) is 11.3 Å². The van der Waals surface area contributed by atoms with Crippen molar-refractivity contribution in [3.05, 3.63) is 47.9 Å². The van der Waals surface area contributed by atoms with Crippen LogP contribution in [0.15, 0.2) is 36.5 Å². The zero-order valence-corrected chi connectivity index (χ0v) is 13.8. The minimum atomic E-state index is 0.352. The van der Waals surface area contributed by atoms with Gasteiger partial charge in [0.1, 0.15) is 5.82 Å². The van der Waals surface area contributed by atoms with Crippen LogP contribution in [0.3, 0.4) is 0 Å². The van der Waals surface area contributed by atoms with Gasteiger partial charge >= 0.3 is 0 Å². The Morgan fingerprint density at radius 3 is 2.68 bits per heavy atom. The Morgan fingerprint density at radius 1 is 1.23 bits per heavy atom. The molecule has 0 amide bonds. The van der Waals surface area contributed by atoms with Crippen molar-refractivity contribution in [3.8, 4) is 11.3 Å². The summed E-state index contributed by atoms with van der Waals surface area (Å²) in [5, 5.41) is 8.78. The summed E-state index contributed by atoms with van der Waals surface area (Å²) in [5.74, 6) is 1.24. The Bertz CT molecular complexity index is 745. The van der Waals surface area contributed by atoms with Gasteiger partial charge in [-0.25, -0.2) is 4.98 Å². The molecule has 0 bridgehead atoms. The van der Waals surface area contributed by atoms with Crippen LogP contribution in [-0.2, 0) is 13.6 Å². The quantitative estimate of drug-likeness (QED) is 0.781. The molecule has 0 saturated carbocycles. The van der Waals surface area contributed by atoms with E-state index >= 15 is 0 Å². The highest BCUT2D eigenvalue weighted by Gasteiger charge is 2.11. The first-order chi connectivity index (χ1) is 10.6. The molecule has 1 aromatic carbocycles. The average molecular weight is 313 g/mol. The van der Waals surface area contributed by atoms with Crippen LogP contribution in [0.4, 0.5) is 5.13 Å². The summed E-state index contributed by atoms with van der Waals surface area (Å²) in [4.78, 5) is 4.50. The Morgan fingerprint density at radius 2 is 2.00 bits per heavy atom. The van der Waals surface area contributed by atoms with E-state index in [9.17, 15) is 0 Å². The van der Waals surface area contributed by atoms with Crippen molar-refractivity contribution in [2.75, 3.05) is 5.32 Å². The molecule has 5 nitrogen and oxygen atoms in total. The van der Waals surface area contributed by atoms with E-state index in [1.54, 1.807) is 0 Å². The highest BCUT2D eigenvalue weighted by molar-refractivity contribution is 7.09. The van der Waals surface area contributed by atoms with Crippen LogP contribution in [0.5, 0.6) is 0 Å². The lowest BCUT2D eigenvalue weighted by Gasteiger charge is -2.03. The highest BCUT2D eigenvalue weighted by Crippen LogP contribution is 2.23. The lowest BCUT2D eigenvalue weighted by atomic mass is 10.1. The van der Waals surface area contributed by atoms with Crippen molar-refractivity contribution in [1.82, 2.24) is 19.1 Å². The molecule has 0 aliphatic carbocycles. The topological polar surface area (TPSA) is 55.6 Å². The van der Waals surface area contributed by atoms with Crippen molar-refractivity contribution < 1.29 is 0 Å². The molecule has 22 heavy (non-hydrogen) atoms. The lowest BCUT2D eigenvalue weighted by molar-refractivity contribution is 0.770. The molecule has 0 unspecified atom stereocenters. The van der Waals surface area contributed by atoms with Gasteiger partial charge in [-0.1, -0.05) is 44.2 Å². The lowest BCUT2D eigenvalue weighted by Crippen LogP contribution is -2.00. The number of benzene rings is 1. The van der Waals surface area contributed by atoms with Crippen LogP contribution in [0.1, 0.15) is 31.2 Å². The molecule has 0 spiro atoms. The van der Waals surface area contributed by atoms with E-state index in [-0.39, 0.29) is 0 Å². The molecular weight excluding hydrogens is 294 g/mol. The summed E-state index contributed by atoms with van der Waals surface area (Å²) in [6.07, 6.45) is 2.04. The molecule has 6 heteroatoms. The molecule has 2 aromatic heterocycles. The fourth-order valence-corrected chi connectivity index (χ4v) is 2.92. The number of rotatable bonds is 5. The number of aromatic nitrogens is 4. The second-order valence-corrected chi connectivity index (χ2v) is 6.26. The van der Waals surface area contributed by atoms with E-state index in [4.69, 9.17) is 0 Å². The summed E-state index contributed by atoms with van der Waals surface area (Å²) >= 11 is 1.41. The van der Waals surface area contributed by atoms with Gasteiger partial charge in [-0.2, -0.15) is 9.47 Å². The van der Waals surface area contributed by atoms with Gasteiger partial charge < -0.3 is 5.32 Å². The molecule has 114 valence electrons. The third-order valence-corrected chi connectivity index (χ3v) is 4.03. The van der Waals surface area contributed by atoms with E-state index in [2.05, 4.69) is 45.8 Å². The van der Waals surface area contributed by atoms with Crippen LogP contribution < -0.4 is 5.32 Å². The molecule has 0 aliphatic heterocycles. The third kappa shape index (κ3) is 3.17. The van der Waals surface area contributed by atoms with Crippen molar-refractivity contribution in [1.29, 1.82) is 0 Å². The van der Waals surface area contributed by atoms with Gasteiger partial charge in [-0.05, 0) is 0 Å². The smallest absolute Gasteiger partial charge is 0.202 e. The first-order valence-electron chi connectivity index (χ1n) is 7.29. The predicted octanol–water partition coefficient (Wildman–Crippen LogP) is 3.67. The van der Waals surface area contributed by atoms with Gasteiger partial charge in [-0.15, -0.1) is 0 Å². The van der Waals surface area contributed by atoms with Crippen molar-refractivity contribution in [3.63, 3.8) is 0 Å². The van der Waals surface area contributed by atoms with E-state index < -0.39 is 0 Å². The molecule has 3 aromatic rings. The van der Waals surface area contributed by atoms with Gasteiger partial charge in [0.15, 0.2) is 0 Å². The fraction of sp³-hybridized carbons (Fsp3) is 0.312. The number of hydrogen-bond donors (Lipinski definition) is 1. The molecule has 3 rings (SSSR count). The zero-order chi connectivity index (χ0) is 15.5. The van der Waals surface area contributed by atoms with Gasteiger partial charge in [0.05, 0.1) is 5.69 Å². The number of nitrogens with zero attached hydrogens (tertiary/aromatic N) is 4. The fourth-order valence-electron chi connectivity index (χ4n) is 2.22. The van der Waals surface area contributed by atoms with Gasteiger partial charge in [0, 0.05) is 48.4 Å². The average Bonchev–Trinajstić information content (AvgIpc) is 3.12. The molecule has 0 atom stereocenters. The zero-order valence-electron chi connectivity index (χ0n) is 12.9. The Balaban J connectivity index is 1.78. The largest absolute Gasteiger partial charge is 0.356 e. The Hall–Kier alpha value is -2.21. The van der Waals surface area contributed by atoms with Crippen molar-refractivity contribution in [2.24, 2.45) is 7.05 Å². The Kier molecular flexibility index (Phi) is 4.20. The Labute approximate surface area is 134 Å². The monoisotopic (exact) mass is 313 g/mol. The number of aryl methyl sites for hydroxylation is 1. The van der Waals surface area contributed by atoms with Crippen molar-refractivity contribution in [2.45, 2.75) is 26.3 Å². The van der Waals surface area contributed by atoms with Gasteiger partial charge in [0.2, 0.25) is 5.13 Å². The van der Waals surface area contributed by atoms with Crippen LogP contribution in [0, 0.1) is 0 Å². The standard InChI is InChI=1S/C16H19N5S/c1-11(2)15-18-16(22-20-15)17-9-13-10-21(3)19-14(13)12-7-5-4-6-8-12/h4-8,10-11H,9H2,1-3H3,(H,17,18,20). The van der Waals surface area contributed by atoms with E-state index in [1.165, 1.54) is 11.5 Å². The minimum Gasteiger partial charge on any atom is -0.356 e. The number of nitrogens with one attached hydrogen (secondary N) is 1. The minimum absolute atomic E-state index is 0.352. The first kappa shape index (κ1) is 14.7. The summed E-state index contributed by atoms with van der Waals surface area (Å²) in [6, 6.07) is 10.2. The summed E-state index contributed by atoms with van der Waals surface area (Å²) in [7, 11) is 1.94. The van der Waals surface area contributed by atoms with Gasteiger partial charge in [-0.3, -0.25) is 4.68 Å². The molecule has 0 aliphatic rings. The molecule has 2 heterocycles. The summed E-state index contributed by atoms with van der Waals surface area (Å²) in [6.45, 7) is 4.88. The van der Waals surface area contributed by atoms with Crippen LogP contribution in [-0.4, -0.2) is 19.1 Å². The van der Waals surface area contributed by atoms with E-state index in [1.807, 2.05) is 36.1 Å². The molecule has 0 radical (unpaired) electrons. The second kappa shape index (κ2) is 6.27. The number of anilines is 1. The predicted molar refractivity (Wildman–Crippen MR) is 90.0 cm³/mol. The van der Waals surface area contributed by atoms with Gasteiger partial charge in [0.25, 0.3) is 0 Å². The van der Waals surface area contributed by atoms with E-state index in [0.29, 0.717) is 12.5 Å². The maximum atomic E-state index is 4.57. The molecule has 0 saturated heterocycles. The molecule has 1 N–H and O–H groups in total. The highest BCUT2D eigenvalue weighted by atomic mass is 32.1. The maximum absolute atomic E-state index is 4.57. The van der Waals surface area contributed by atoms with Crippen LogP contribution >= 0.6 is 11.5 Å². The summed E-state index contributed by atoms with van der Waals surface area (Å²) < 4.78 is 6.21. The van der Waals surface area contributed by atoms with E-state index in [0.717, 1.165) is 27.8 Å². The summed E-state index contributed by atoms with van der Waals surface area (Å²) in [5.41, 5.74) is 3.28. The first-order valence-corrected chi connectivity index (χ1v) is 8.06. The van der Waals surface area contributed by atoms with Crippen LogP contribution in [0.2, 0.25) is 0 Å². The normalized spacial score (nSPS) is 11.1. The second-order valence-electron chi connectivity index (χ2n) is 5.51. The number of hydrogen-bond acceptors (Lipinski definition) is 5. The van der Waals surface area contributed by atoms with Crippen molar-refractivity contribution >= 4 is 16.7 Å².